The number of aliphatic carboxylic acids is 1. The average Bonchev–Trinajstić information content (AvgIpc) is 2.61. The molecule has 0 unspecified atom stereocenters. The summed E-state index contributed by atoms with van der Waals surface area (Å²) in [6, 6.07) is 5.56. The summed E-state index contributed by atoms with van der Waals surface area (Å²) in [5.41, 5.74) is 0.105. The van der Waals surface area contributed by atoms with Gasteiger partial charge in [0.2, 0.25) is 5.91 Å². The summed E-state index contributed by atoms with van der Waals surface area (Å²) in [5.74, 6) is -1.36. The molecule has 1 heterocycles. The largest absolute Gasteiger partial charge is 0.481 e. The summed E-state index contributed by atoms with van der Waals surface area (Å²) in [5, 5.41) is 19.4. The molecule has 9 nitrogen and oxygen atoms in total. The number of non-ortho nitro benzene ring substituents is 1. The van der Waals surface area contributed by atoms with E-state index < -0.39 is 10.9 Å². The van der Waals surface area contributed by atoms with E-state index in [1.54, 1.807) is 9.80 Å². The van der Waals surface area contributed by atoms with Crippen molar-refractivity contribution in [2.75, 3.05) is 26.2 Å². The molecular formula is C16H19N3O6. The lowest BCUT2D eigenvalue weighted by Gasteiger charge is -2.34. The average molecular weight is 349 g/mol. The van der Waals surface area contributed by atoms with Gasteiger partial charge in [0.15, 0.2) is 0 Å². The van der Waals surface area contributed by atoms with Gasteiger partial charge >= 0.3 is 5.97 Å². The van der Waals surface area contributed by atoms with Crippen molar-refractivity contribution in [3.63, 3.8) is 0 Å². The Balaban J connectivity index is 1.88. The maximum atomic E-state index is 12.4. The van der Waals surface area contributed by atoms with Crippen LogP contribution in [0.5, 0.6) is 0 Å². The third-order valence-electron chi connectivity index (χ3n) is 4.00. The SMILES string of the molecule is O=C(O)CCCC(=O)N1CCN(C(=O)c2cccc([N+](=O)[O-])c2)CC1. The number of nitro benzene ring substituents is 1. The zero-order valence-corrected chi connectivity index (χ0v) is 13.6. The number of rotatable bonds is 6. The second kappa shape index (κ2) is 8.22. The summed E-state index contributed by atoms with van der Waals surface area (Å²) in [4.78, 5) is 48.3. The molecule has 1 aliphatic rings. The highest BCUT2D eigenvalue weighted by atomic mass is 16.6. The molecule has 25 heavy (non-hydrogen) atoms. The molecule has 0 radical (unpaired) electrons. The van der Waals surface area contributed by atoms with Crippen LogP contribution in [0.3, 0.4) is 0 Å². The third kappa shape index (κ3) is 5.00. The molecule has 1 aromatic carbocycles. The van der Waals surface area contributed by atoms with Crippen molar-refractivity contribution in [1.82, 2.24) is 9.80 Å². The van der Waals surface area contributed by atoms with Crippen molar-refractivity contribution in [2.45, 2.75) is 19.3 Å². The second-order valence-corrected chi connectivity index (χ2v) is 5.73. The van der Waals surface area contributed by atoms with E-state index in [9.17, 15) is 24.5 Å². The van der Waals surface area contributed by atoms with Gasteiger partial charge in [-0.05, 0) is 12.5 Å². The number of benzene rings is 1. The Labute approximate surface area is 144 Å². The molecule has 1 aliphatic heterocycles. The van der Waals surface area contributed by atoms with E-state index in [2.05, 4.69) is 0 Å². The second-order valence-electron chi connectivity index (χ2n) is 5.73. The first-order chi connectivity index (χ1) is 11.9. The van der Waals surface area contributed by atoms with E-state index >= 15 is 0 Å². The van der Waals surface area contributed by atoms with Crippen LogP contribution in [0.4, 0.5) is 5.69 Å². The fraction of sp³-hybridized carbons (Fsp3) is 0.438. The number of piperazine rings is 1. The molecule has 1 N–H and O–H groups in total. The number of nitro groups is 1. The van der Waals surface area contributed by atoms with Gasteiger partial charge in [-0.2, -0.15) is 0 Å². The van der Waals surface area contributed by atoms with Gasteiger partial charge < -0.3 is 14.9 Å². The lowest BCUT2D eigenvalue weighted by Crippen LogP contribution is -2.50. The van der Waals surface area contributed by atoms with Crippen LogP contribution >= 0.6 is 0 Å². The standard InChI is InChI=1S/C16H19N3O6/c20-14(5-2-6-15(21)22)17-7-9-18(10-8-17)16(23)12-3-1-4-13(11-12)19(24)25/h1,3-4,11H,2,5-10H2,(H,21,22). The summed E-state index contributed by atoms with van der Waals surface area (Å²) in [6.07, 6.45) is 0.420. The zero-order valence-electron chi connectivity index (χ0n) is 13.6. The van der Waals surface area contributed by atoms with Gasteiger partial charge in [0.05, 0.1) is 4.92 Å². The van der Waals surface area contributed by atoms with Gasteiger partial charge in [-0.3, -0.25) is 24.5 Å². The first-order valence-corrected chi connectivity index (χ1v) is 7.92. The van der Waals surface area contributed by atoms with Crippen LogP contribution in [0.25, 0.3) is 0 Å². The molecule has 134 valence electrons. The molecule has 2 amide bonds. The normalized spacial score (nSPS) is 14.2. The molecule has 0 bridgehead atoms. The zero-order chi connectivity index (χ0) is 18.4. The van der Waals surface area contributed by atoms with E-state index in [1.807, 2.05) is 0 Å². The first kappa shape index (κ1) is 18.4. The third-order valence-corrected chi connectivity index (χ3v) is 4.00. The molecule has 1 aromatic rings. The number of hydrogen-bond acceptors (Lipinski definition) is 5. The Morgan fingerprint density at radius 1 is 1.08 bits per heavy atom. The van der Waals surface area contributed by atoms with Gasteiger partial charge in [-0.1, -0.05) is 6.07 Å². The molecule has 1 fully saturated rings. The number of carboxylic acid groups (broad SMARTS) is 1. The molecule has 0 spiro atoms. The molecule has 0 aliphatic carbocycles. The molecule has 9 heteroatoms. The lowest BCUT2D eigenvalue weighted by atomic mass is 10.1. The Bertz CT molecular complexity index is 682. The highest BCUT2D eigenvalue weighted by molar-refractivity contribution is 5.95. The summed E-state index contributed by atoms with van der Waals surface area (Å²) < 4.78 is 0. The highest BCUT2D eigenvalue weighted by Gasteiger charge is 2.25. The summed E-state index contributed by atoms with van der Waals surface area (Å²) >= 11 is 0. The molecular weight excluding hydrogens is 330 g/mol. The van der Waals surface area contributed by atoms with Crippen LogP contribution in [-0.4, -0.2) is 63.8 Å². The number of amides is 2. The molecule has 1 saturated heterocycles. The smallest absolute Gasteiger partial charge is 0.303 e. The minimum Gasteiger partial charge on any atom is -0.481 e. The van der Waals surface area contributed by atoms with Gasteiger partial charge in [-0.15, -0.1) is 0 Å². The van der Waals surface area contributed by atoms with E-state index in [-0.39, 0.29) is 35.9 Å². The van der Waals surface area contributed by atoms with E-state index in [4.69, 9.17) is 5.11 Å². The van der Waals surface area contributed by atoms with Crippen molar-refractivity contribution in [1.29, 1.82) is 0 Å². The first-order valence-electron chi connectivity index (χ1n) is 7.92. The van der Waals surface area contributed by atoms with Crippen LogP contribution in [-0.2, 0) is 9.59 Å². The fourth-order valence-electron chi connectivity index (χ4n) is 2.64. The minimum absolute atomic E-state index is 0.0447. The van der Waals surface area contributed by atoms with Crippen molar-refractivity contribution < 1.29 is 24.4 Å². The van der Waals surface area contributed by atoms with Gasteiger partial charge in [0, 0.05) is 56.7 Å². The van der Waals surface area contributed by atoms with Gasteiger partial charge in [0.1, 0.15) is 0 Å². The number of carbonyl (C=O) groups excluding carboxylic acids is 2. The predicted octanol–water partition coefficient (Wildman–Crippen LogP) is 1.13. The number of hydrogen-bond donors (Lipinski definition) is 1. The van der Waals surface area contributed by atoms with Gasteiger partial charge in [0.25, 0.3) is 11.6 Å². The topological polar surface area (TPSA) is 121 Å². The molecule has 0 saturated carbocycles. The monoisotopic (exact) mass is 349 g/mol. The maximum absolute atomic E-state index is 12.4. The van der Waals surface area contributed by atoms with Crippen molar-refractivity contribution in [3.8, 4) is 0 Å². The number of carbonyl (C=O) groups is 3. The van der Waals surface area contributed by atoms with Crippen molar-refractivity contribution >= 4 is 23.5 Å². The van der Waals surface area contributed by atoms with E-state index in [0.717, 1.165) is 0 Å². The Hall–Kier alpha value is -2.97. The molecule has 0 aromatic heterocycles. The lowest BCUT2D eigenvalue weighted by molar-refractivity contribution is -0.384. The van der Waals surface area contributed by atoms with Crippen molar-refractivity contribution in [3.05, 3.63) is 39.9 Å². The Kier molecular flexibility index (Phi) is 6.04. The van der Waals surface area contributed by atoms with E-state index in [1.165, 1.54) is 24.3 Å². The van der Waals surface area contributed by atoms with Crippen LogP contribution in [0, 0.1) is 10.1 Å². The quantitative estimate of drug-likeness (QED) is 0.607. The summed E-state index contributed by atoms with van der Waals surface area (Å²) in [7, 11) is 0. The van der Waals surface area contributed by atoms with E-state index in [0.29, 0.717) is 32.6 Å². The molecule has 2 rings (SSSR count). The van der Waals surface area contributed by atoms with Crippen LogP contribution in [0.1, 0.15) is 29.6 Å². The number of carboxylic acids is 1. The summed E-state index contributed by atoms with van der Waals surface area (Å²) in [6.45, 7) is 1.41. The fourth-order valence-corrected chi connectivity index (χ4v) is 2.64. The van der Waals surface area contributed by atoms with Crippen LogP contribution in [0.2, 0.25) is 0 Å². The van der Waals surface area contributed by atoms with Crippen molar-refractivity contribution in [2.24, 2.45) is 0 Å². The van der Waals surface area contributed by atoms with Crippen LogP contribution in [0.15, 0.2) is 24.3 Å². The Morgan fingerprint density at radius 2 is 1.72 bits per heavy atom. The highest BCUT2D eigenvalue weighted by Crippen LogP contribution is 2.16. The minimum atomic E-state index is -0.930. The Morgan fingerprint density at radius 3 is 2.32 bits per heavy atom. The number of nitrogens with zero attached hydrogens (tertiary/aromatic N) is 3. The predicted molar refractivity (Wildman–Crippen MR) is 87.1 cm³/mol. The molecule has 0 atom stereocenters. The van der Waals surface area contributed by atoms with Crippen LogP contribution < -0.4 is 0 Å². The maximum Gasteiger partial charge on any atom is 0.303 e. The van der Waals surface area contributed by atoms with Gasteiger partial charge in [-0.25, -0.2) is 0 Å².